The van der Waals surface area contributed by atoms with Crippen LogP contribution < -0.4 is 5.49 Å². The third-order valence-corrected chi connectivity index (χ3v) is 8.12. The van der Waals surface area contributed by atoms with Crippen LogP contribution in [0.4, 0.5) is 0 Å². The van der Waals surface area contributed by atoms with Crippen LogP contribution in [0.3, 0.4) is 0 Å². The van der Waals surface area contributed by atoms with E-state index in [4.69, 9.17) is 0 Å². The van der Waals surface area contributed by atoms with Crippen molar-refractivity contribution in [3.8, 4) is 0 Å². The largest absolute Gasteiger partial charge is 0.274 e. The van der Waals surface area contributed by atoms with Gasteiger partial charge in [-0.2, -0.15) is 4.31 Å². The fourth-order valence-corrected chi connectivity index (χ4v) is 6.07. The van der Waals surface area contributed by atoms with Crippen molar-refractivity contribution in [1.29, 1.82) is 0 Å². The first-order valence-electron chi connectivity index (χ1n) is 11.2. The summed E-state index contributed by atoms with van der Waals surface area (Å²) in [6.07, 6.45) is 7.06. The van der Waals surface area contributed by atoms with E-state index in [1.165, 1.54) is 21.9 Å². The lowest BCUT2D eigenvalue weighted by Gasteiger charge is -2.31. The van der Waals surface area contributed by atoms with Crippen molar-refractivity contribution in [2.75, 3.05) is 13.1 Å². The van der Waals surface area contributed by atoms with Gasteiger partial charge in [-0.25, -0.2) is 8.42 Å². The predicted octanol–water partition coefficient (Wildman–Crippen LogP) is 3.42. The zero-order chi connectivity index (χ0) is 22.0. The van der Waals surface area contributed by atoms with Gasteiger partial charge < -0.3 is 0 Å². The highest BCUT2D eigenvalue weighted by atomic mass is 32.2. The van der Waals surface area contributed by atoms with Gasteiger partial charge in [-0.1, -0.05) is 12.1 Å². The highest BCUT2D eigenvalue weighted by Crippen LogP contribution is 2.28. The summed E-state index contributed by atoms with van der Waals surface area (Å²) in [6, 6.07) is 11.2. The Balaban J connectivity index is 1.48. The average molecular weight is 442 g/mol. The summed E-state index contributed by atoms with van der Waals surface area (Å²) in [6.45, 7) is 4.68. The molecule has 2 aromatic rings. The molecule has 166 valence electrons. The van der Waals surface area contributed by atoms with Crippen LogP contribution in [0.1, 0.15) is 55.5 Å². The molecule has 0 atom stereocenters. The molecule has 4 rings (SSSR count). The molecule has 0 saturated carbocycles. The maximum atomic E-state index is 13.2. The second kappa shape index (κ2) is 9.09. The summed E-state index contributed by atoms with van der Waals surface area (Å²) < 4.78 is 29.6. The van der Waals surface area contributed by atoms with Crippen LogP contribution in [0.2, 0.25) is 0 Å². The number of fused-ring (bicyclic) bond motifs is 1. The fourth-order valence-electron chi connectivity index (χ4n) is 4.55. The third kappa shape index (κ3) is 4.67. The summed E-state index contributed by atoms with van der Waals surface area (Å²) in [4.78, 5) is 18.0. The van der Waals surface area contributed by atoms with Crippen LogP contribution in [0.15, 0.2) is 52.5 Å². The van der Waals surface area contributed by atoms with Crippen molar-refractivity contribution in [3.63, 3.8) is 0 Å². The van der Waals surface area contributed by atoms with E-state index in [1.807, 2.05) is 44.2 Å². The number of rotatable bonds is 4. The highest BCUT2D eigenvalue weighted by Gasteiger charge is 2.33. The van der Waals surface area contributed by atoms with Gasteiger partial charge in [0.05, 0.1) is 4.90 Å². The number of sulfonamides is 1. The summed E-state index contributed by atoms with van der Waals surface area (Å²) in [7, 11) is -3.54. The monoisotopic (exact) mass is 441 g/mol. The first-order valence-corrected chi connectivity index (χ1v) is 12.7. The Morgan fingerprint density at radius 2 is 1.74 bits per heavy atom. The molecule has 31 heavy (non-hydrogen) atoms. The maximum Gasteiger partial charge on any atom is 0.243 e. The van der Waals surface area contributed by atoms with E-state index in [0.29, 0.717) is 36.3 Å². The van der Waals surface area contributed by atoms with E-state index >= 15 is 0 Å². The number of carbonyl (C=O) groups is 1. The van der Waals surface area contributed by atoms with Crippen molar-refractivity contribution >= 4 is 15.9 Å². The molecule has 1 fully saturated rings. The lowest BCUT2D eigenvalue weighted by Crippen LogP contribution is -2.42. The van der Waals surface area contributed by atoms with Gasteiger partial charge in [0.2, 0.25) is 15.9 Å². The number of aromatic nitrogens is 1. The van der Waals surface area contributed by atoms with E-state index in [1.54, 1.807) is 16.8 Å². The molecular weight excluding hydrogens is 410 g/mol. The molecule has 1 saturated heterocycles. The molecule has 0 bridgehead atoms. The molecule has 1 aliphatic heterocycles. The number of aryl methyl sites for hydroxylation is 2. The molecule has 2 heterocycles. The number of hydrogen-bond acceptors (Lipinski definition) is 4. The first kappa shape index (κ1) is 22.0. The molecule has 0 N–H and O–H groups in total. The van der Waals surface area contributed by atoms with Crippen LogP contribution in [0, 0.1) is 5.92 Å². The summed E-state index contributed by atoms with van der Waals surface area (Å²) in [5.41, 5.74) is 3.09. The lowest BCUT2D eigenvalue weighted by molar-refractivity contribution is 0.0781. The van der Waals surface area contributed by atoms with E-state index in [0.717, 1.165) is 19.3 Å². The van der Waals surface area contributed by atoms with Gasteiger partial charge in [0.15, 0.2) is 0 Å². The number of piperidine rings is 1. The number of pyridine rings is 1. The van der Waals surface area contributed by atoms with Crippen molar-refractivity contribution in [2.45, 2.75) is 63.3 Å². The summed E-state index contributed by atoms with van der Waals surface area (Å²) in [5, 5.41) is 0. The van der Waals surface area contributed by atoms with Gasteiger partial charge in [-0.15, -0.1) is 0 Å². The Bertz CT molecular complexity index is 1130. The fraction of sp³-hybridized carbons (Fsp3) is 0.500. The van der Waals surface area contributed by atoms with Gasteiger partial charge in [-0.05, 0) is 87.8 Å². The number of hydrogen-bond donors (Lipinski definition) is 0. The standard InChI is InChI=1S/C24H31N3O3S/c1-18(2)25-23-9-5-6-14-27(23)24(28)20-12-15-26(16-13-20)31(29,30)22-11-10-19-7-3-4-8-21(19)17-22/h5-6,9-11,14,17-18,20H,3-4,7-8,12-13,15-16H2,1-2H3. The number of benzene rings is 1. The summed E-state index contributed by atoms with van der Waals surface area (Å²) in [5.74, 6) is -0.214. The SMILES string of the molecule is CC(C)N=c1ccccn1C(=O)C1CCN(S(=O)(=O)c2ccc3c(c2)CCCC3)CC1. The zero-order valence-corrected chi connectivity index (χ0v) is 19.1. The molecule has 6 nitrogen and oxygen atoms in total. The lowest BCUT2D eigenvalue weighted by atomic mass is 9.92. The zero-order valence-electron chi connectivity index (χ0n) is 18.3. The Kier molecular flexibility index (Phi) is 6.44. The summed E-state index contributed by atoms with van der Waals surface area (Å²) >= 11 is 0. The molecule has 2 aliphatic rings. The normalized spacial score (nSPS) is 18.9. The minimum atomic E-state index is -3.54. The molecule has 0 radical (unpaired) electrons. The molecule has 1 aromatic heterocycles. The van der Waals surface area contributed by atoms with Gasteiger partial charge in [0.25, 0.3) is 0 Å². The number of nitrogens with zero attached hydrogens (tertiary/aromatic N) is 3. The van der Waals surface area contributed by atoms with Crippen LogP contribution in [0.5, 0.6) is 0 Å². The first-order chi connectivity index (χ1) is 14.9. The van der Waals surface area contributed by atoms with E-state index in [2.05, 4.69) is 4.99 Å². The molecule has 1 aromatic carbocycles. The maximum absolute atomic E-state index is 13.2. The van der Waals surface area contributed by atoms with Crippen LogP contribution >= 0.6 is 0 Å². The second-order valence-electron chi connectivity index (χ2n) is 8.81. The minimum Gasteiger partial charge on any atom is -0.274 e. The Morgan fingerprint density at radius 1 is 1.03 bits per heavy atom. The average Bonchev–Trinajstić information content (AvgIpc) is 2.78. The Labute approximate surface area is 184 Å². The van der Waals surface area contributed by atoms with Gasteiger partial charge in [-0.3, -0.25) is 14.4 Å². The highest BCUT2D eigenvalue weighted by molar-refractivity contribution is 7.89. The van der Waals surface area contributed by atoms with Crippen LogP contribution in [0.25, 0.3) is 0 Å². The predicted molar refractivity (Wildman–Crippen MR) is 120 cm³/mol. The molecule has 1 aliphatic carbocycles. The molecule has 0 spiro atoms. The topological polar surface area (TPSA) is 71.7 Å². The number of carbonyl (C=O) groups excluding carboxylic acids is 1. The molecular formula is C24H31N3O3S. The van der Waals surface area contributed by atoms with Crippen molar-refractivity contribution < 1.29 is 13.2 Å². The second-order valence-corrected chi connectivity index (χ2v) is 10.7. The van der Waals surface area contributed by atoms with Crippen LogP contribution in [-0.2, 0) is 22.9 Å². The van der Waals surface area contributed by atoms with Gasteiger partial charge >= 0.3 is 0 Å². The molecule has 0 amide bonds. The molecule has 0 unspecified atom stereocenters. The molecule has 7 heteroatoms. The quantitative estimate of drug-likeness (QED) is 0.730. The smallest absolute Gasteiger partial charge is 0.243 e. The van der Waals surface area contributed by atoms with Crippen molar-refractivity contribution in [3.05, 3.63) is 59.2 Å². The van der Waals surface area contributed by atoms with Crippen molar-refractivity contribution in [2.24, 2.45) is 10.9 Å². The third-order valence-electron chi connectivity index (χ3n) is 6.23. The van der Waals surface area contributed by atoms with E-state index in [-0.39, 0.29) is 17.9 Å². The van der Waals surface area contributed by atoms with Gasteiger partial charge in [0, 0.05) is 31.2 Å². The van der Waals surface area contributed by atoms with Crippen molar-refractivity contribution in [1.82, 2.24) is 8.87 Å². The Hall–Kier alpha value is -2.25. The van der Waals surface area contributed by atoms with Gasteiger partial charge in [0.1, 0.15) is 5.49 Å². The van der Waals surface area contributed by atoms with E-state index in [9.17, 15) is 13.2 Å². The van der Waals surface area contributed by atoms with Crippen LogP contribution in [-0.4, -0.2) is 42.3 Å². The van der Waals surface area contributed by atoms with E-state index < -0.39 is 10.0 Å². The Morgan fingerprint density at radius 3 is 2.45 bits per heavy atom. The minimum absolute atomic E-state index is 0.00849.